The van der Waals surface area contributed by atoms with Gasteiger partial charge in [0.15, 0.2) is 0 Å². The van der Waals surface area contributed by atoms with E-state index in [1.165, 1.54) is 0 Å². The van der Waals surface area contributed by atoms with Crippen molar-refractivity contribution in [3.05, 3.63) is 29.8 Å². The quantitative estimate of drug-likeness (QED) is 0.617. The normalized spacial score (nSPS) is 17.9. The Bertz CT molecular complexity index is 413. The molecule has 110 valence electrons. The molecule has 1 saturated heterocycles. The average Bonchev–Trinajstić information content (AvgIpc) is 2.99. The van der Waals surface area contributed by atoms with Crippen molar-refractivity contribution in [3.8, 4) is 5.75 Å². The van der Waals surface area contributed by atoms with Crippen LogP contribution in [0.15, 0.2) is 24.3 Å². The number of nitrogens with one attached hydrogen (secondary N) is 1. The molecule has 1 aliphatic heterocycles. The molecular formula is C16H23NO2S. The van der Waals surface area contributed by atoms with E-state index in [4.69, 9.17) is 21.7 Å². The summed E-state index contributed by atoms with van der Waals surface area (Å²) >= 11 is 5.40. The third-order valence-electron chi connectivity index (χ3n) is 3.40. The van der Waals surface area contributed by atoms with Gasteiger partial charge in [-0.25, -0.2) is 0 Å². The van der Waals surface area contributed by atoms with Crippen molar-refractivity contribution in [3.63, 3.8) is 0 Å². The van der Waals surface area contributed by atoms with Gasteiger partial charge in [0, 0.05) is 18.7 Å². The van der Waals surface area contributed by atoms with E-state index >= 15 is 0 Å². The lowest BCUT2D eigenvalue weighted by atomic mass is 10.2. The Hall–Kier alpha value is -1.13. The monoisotopic (exact) mass is 293 g/mol. The minimum Gasteiger partial charge on any atom is -0.494 e. The van der Waals surface area contributed by atoms with Crippen LogP contribution in [0.25, 0.3) is 0 Å². The van der Waals surface area contributed by atoms with Gasteiger partial charge in [0.1, 0.15) is 10.7 Å². The Kier molecular flexibility index (Phi) is 6.27. The highest BCUT2D eigenvalue weighted by Crippen LogP contribution is 2.14. The van der Waals surface area contributed by atoms with Crippen molar-refractivity contribution < 1.29 is 9.47 Å². The maximum Gasteiger partial charge on any atom is 0.119 e. The first-order valence-corrected chi connectivity index (χ1v) is 7.83. The molecule has 1 aromatic carbocycles. The summed E-state index contributed by atoms with van der Waals surface area (Å²) in [5, 5.41) is 3.28. The minimum atomic E-state index is 0.310. The zero-order valence-electron chi connectivity index (χ0n) is 12.1. The first-order valence-electron chi connectivity index (χ1n) is 7.42. The molecule has 0 radical (unpaired) electrons. The van der Waals surface area contributed by atoms with Crippen LogP contribution in [0.2, 0.25) is 0 Å². The first kappa shape index (κ1) is 15.3. The lowest BCUT2D eigenvalue weighted by molar-refractivity contribution is 0.114. The van der Waals surface area contributed by atoms with Gasteiger partial charge in [-0.15, -0.1) is 0 Å². The topological polar surface area (TPSA) is 30.5 Å². The van der Waals surface area contributed by atoms with Crippen molar-refractivity contribution in [2.45, 2.75) is 38.7 Å². The standard InChI is InChI=1S/C16H23NO2S/c1-2-3-10-18-14-8-6-13(7-9-14)16(20)17-12-15-5-4-11-19-15/h6-9,15H,2-5,10-12H2,1H3,(H,17,20)/t15-/m0/s1. The van der Waals surface area contributed by atoms with Gasteiger partial charge in [-0.3, -0.25) is 0 Å². The largest absolute Gasteiger partial charge is 0.494 e. The Balaban J connectivity index is 1.77. The van der Waals surface area contributed by atoms with Crippen LogP contribution in [0.4, 0.5) is 0 Å². The molecule has 1 fully saturated rings. The highest BCUT2D eigenvalue weighted by Gasteiger charge is 2.15. The molecule has 0 unspecified atom stereocenters. The van der Waals surface area contributed by atoms with E-state index in [1.54, 1.807) is 0 Å². The van der Waals surface area contributed by atoms with Gasteiger partial charge >= 0.3 is 0 Å². The van der Waals surface area contributed by atoms with Crippen molar-refractivity contribution in [1.29, 1.82) is 0 Å². The summed E-state index contributed by atoms with van der Waals surface area (Å²) in [5.41, 5.74) is 1.03. The van der Waals surface area contributed by atoms with Crippen LogP contribution in [0.1, 0.15) is 38.2 Å². The molecule has 0 bridgehead atoms. The molecule has 0 amide bonds. The number of thiocarbonyl (C=S) groups is 1. The first-order chi connectivity index (χ1) is 9.79. The highest BCUT2D eigenvalue weighted by molar-refractivity contribution is 7.80. The second-order valence-electron chi connectivity index (χ2n) is 5.07. The van der Waals surface area contributed by atoms with E-state index in [2.05, 4.69) is 12.2 Å². The molecule has 20 heavy (non-hydrogen) atoms. The molecule has 0 saturated carbocycles. The van der Waals surface area contributed by atoms with Gasteiger partial charge in [-0.05, 0) is 43.5 Å². The SMILES string of the molecule is CCCCOc1ccc(C(=S)NC[C@@H]2CCCO2)cc1. The molecule has 1 aromatic rings. The van der Waals surface area contributed by atoms with Crippen LogP contribution in [-0.2, 0) is 4.74 Å². The fraction of sp³-hybridized carbons (Fsp3) is 0.562. The zero-order valence-corrected chi connectivity index (χ0v) is 12.9. The molecule has 2 rings (SSSR count). The fourth-order valence-electron chi connectivity index (χ4n) is 2.15. The molecule has 1 heterocycles. The van der Waals surface area contributed by atoms with E-state index in [0.29, 0.717) is 6.10 Å². The van der Waals surface area contributed by atoms with Gasteiger partial charge in [0.05, 0.1) is 12.7 Å². The van der Waals surface area contributed by atoms with Gasteiger partial charge in [0.25, 0.3) is 0 Å². The molecule has 1 aliphatic rings. The number of unbranched alkanes of at least 4 members (excludes halogenated alkanes) is 1. The van der Waals surface area contributed by atoms with Crippen LogP contribution < -0.4 is 10.1 Å². The summed E-state index contributed by atoms with van der Waals surface area (Å²) in [5.74, 6) is 0.907. The lowest BCUT2D eigenvalue weighted by Crippen LogP contribution is -2.31. The van der Waals surface area contributed by atoms with E-state index < -0.39 is 0 Å². The predicted octanol–water partition coefficient (Wildman–Crippen LogP) is 3.31. The smallest absolute Gasteiger partial charge is 0.119 e. The Morgan fingerprint density at radius 2 is 2.20 bits per heavy atom. The number of hydrogen-bond acceptors (Lipinski definition) is 3. The van der Waals surface area contributed by atoms with Gasteiger partial charge < -0.3 is 14.8 Å². The Morgan fingerprint density at radius 1 is 1.40 bits per heavy atom. The third kappa shape index (κ3) is 4.76. The van der Waals surface area contributed by atoms with Crippen molar-refractivity contribution in [1.82, 2.24) is 5.32 Å². The molecule has 4 heteroatoms. The maximum atomic E-state index is 5.64. The molecule has 0 aliphatic carbocycles. The van der Waals surface area contributed by atoms with Crippen LogP contribution in [-0.4, -0.2) is 30.9 Å². The number of hydrogen-bond donors (Lipinski definition) is 1. The summed E-state index contributed by atoms with van der Waals surface area (Å²) in [4.78, 5) is 0.778. The van der Waals surface area contributed by atoms with Crippen LogP contribution in [0, 0.1) is 0 Å². The van der Waals surface area contributed by atoms with Crippen molar-refractivity contribution >= 4 is 17.2 Å². The summed E-state index contributed by atoms with van der Waals surface area (Å²) in [6, 6.07) is 7.97. The van der Waals surface area contributed by atoms with Gasteiger partial charge in [-0.2, -0.15) is 0 Å². The van der Waals surface area contributed by atoms with E-state index in [0.717, 1.165) is 61.7 Å². The zero-order chi connectivity index (χ0) is 14.2. The molecule has 1 atom stereocenters. The summed E-state index contributed by atoms with van der Waals surface area (Å²) in [6.45, 7) is 4.61. The third-order valence-corrected chi connectivity index (χ3v) is 3.78. The number of rotatable bonds is 7. The van der Waals surface area contributed by atoms with E-state index in [1.807, 2.05) is 24.3 Å². The molecule has 0 spiro atoms. The highest BCUT2D eigenvalue weighted by atomic mass is 32.1. The van der Waals surface area contributed by atoms with Gasteiger partial charge in [0.2, 0.25) is 0 Å². The predicted molar refractivity (Wildman–Crippen MR) is 85.5 cm³/mol. The summed E-state index contributed by atoms with van der Waals surface area (Å²) < 4.78 is 11.2. The Morgan fingerprint density at radius 3 is 2.85 bits per heavy atom. The lowest BCUT2D eigenvalue weighted by Gasteiger charge is -2.13. The second kappa shape index (κ2) is 8.22. The average molecular weight is 293 g/mol. The van der Waals surface area contributed by atoms with Crippen LogP contribution in [0.3, 0.4) is 0 Å². The van der Waals surface area contributed by atoms with Crippen molar-refractivity contribution in [2.24, 2.45) is 0 Å². The number of benzene rings is 1. The minimum absolute atomic E-state index is 0.310. The molecular weight excluding hydrogens is 270 g/mol. The van der Waals surface area contributed by atoms with Crippen LogP contribution >= 0.6 is 12.2 Å². The fourth-order valence-corrected chi connectivity index (χ4v) is 2.37. The summed E-state index contributed by atoms with van der Waals surface area (Å²) in [6.07, 6.45) is 4.82. The molecule has 0 aromatic heterocycles. The Labute approximate surface area is 126 Å². The molecule has 3 nitrogen and oxygen atoms in total. The number of ether oxygens (including phenoxy) is 2. The maximum absolute atomic E-state index is 5.64. The molecule has 1 N–H and O–H groups in total. The van der Waals surface area contributed by atoms with Crippen LogP contribution in [0.5, 0.6) is 5.75 Å². The summed E-state index contributed by atoms with van der Waals surface area (Å²) in [7, 11) is 0. The van der Waals surface area contributed by atoms with E-state index in [9.17, 15) is 0 Å². The second-order valence-corrected chi connectivity index (χ2v) is 5.48. The van der Waals surface area contributed by atoms with Crippen molar-refractivity contribution in [2.75, 3.05) is 19.8 Å². The van der Waals surface area contributed by atoms with Gasteiger partial charge in [-0.1, -0.05) is 25.6 Å². The van der Waals surface area contributed by atoms with E-state index in [-0.39, 0.29) is 0 Å².